The number of halogens is 3. The number of carbonyl (C=O) groups excluding carboxylic acids is 1. The number of carbonyl (C=O) groups is 1. The molecule has 0 aliphatic carbocycles. The molecule has 7 rings (SSSR count). The Morgan fingerprint density at radius 2 is 1.76 bits per heavy atom. The molecule has 0 saturated carbocycles. The number of amides is 1. The Kier molecular flexibility index (Phi) is 9.02. The van der Waals surface area contributed by atoms with E-state index in [1.807, 2.05) is 29.2 Å². The molecule has 2 aromatic carbocycles. The van der Waals surface area contributed by atoms with Crippen molar-refractivity contribution < 1.29 is 18.3 Å². The second-order valence-electron chi connectivity index (χ2n) is 11.8. The fourth-order valence-electron chi connectivity index (χ4n) is 6.96. The van der Waals surface area contributed by atoms with Crippen molar-refractivity contribution in [2.45, 2.75) is 38.1 Å². The SMILES string of the molecule is C=C(F)C(=O)N1CCN(c2nc(OCC34CCCN3CCC4)nc3c(F)c(-c4cccc5cccc(Cl)c45)ncc23)CC1.CC#N. The summed E-state index contributed by atoms with van der Waals surface area (Å²) in [5.41, 5.74) is 0.753. The van der Waals surface area contributed by atoms with Gasteiger partial charge in [-0.3, -0.25) is 14.7 Å². The first-order valence-electron chi connectivity index (χ1n) is 15.4. The van der Waals surface area contributed by atoms with Gasteiger partial charge in [0.15, 0.2) is 11.6 Å². The first-order valence-corrected chi connectivity index (χ1v) is 15.8. The van der Waals surface area contributed by atoms with Crippen LogP contribution in [0.3, 0.4) is 0 Å². The summed E-state index contributed by atoms with van der Waals surface area (Å²) in [6, 6.07) is 13.0. The summed E-state index contributed by atoms with van der Waals surface area (Å²) >= 11 is 6.57. The van der Waals surface area contributed by atoms with E-state index in [1.54, 1.807) is 24.4 Å². The molecular weight excluding hydrogens is 612 g/mol. The van der Waals surface area contributed by atoms with Crippen LogP contribution < -0.4 is 9.64 Å². The molecule has 46 heavy (non-hydrogen) atoms. The van der Waals surface area contributed by atoms with Gasteiger partial charge < -0.3 is 14.5 Å². The molecule has 12 heteroatoms. The van der Waals surface area contributed by atoms with Crippen molar-refractivity contribution in [1.82, 2.24) is 24.8 Å². The second kappa shape index (κ2) is 13.1. The Balaban J connectivity index is 0.00000119. The van der Waals surface area contributed by atoms with Gasteiger partial charge in [-0.2, -0.15) is 15.2 Å². The zero-order chi connectivity index (χ0) is 32.4. The van der Waals surface area contributed by atoms with Gasteiger partial charge in [0, 0.05) is 55.3 Å². The molecule has 0 radical (unpaired) electrons. The molecule has 3 fully saturated rings. The number of hydrogen-bond donors (Lipinski definition) is 0. The van der Waals surface area contributed by atoms with Crippen LogP contribution in [0.1, 0.15) is 32.6 Å². The molecule has 238 valence electrons. The van der Waals surface area contributed by atoms with Gasteiger partial charge in [0.25, 0.3) is 5.91 Å². The zero-order valence-corrected chi connectivity index (χ0v) is 26.4. The van der Waals surface area contributed by atoms with Crippen LogP contribution in [0.4, 0.5) is 14.6 Å². The first kappa shape index (κ1) is 31.6. The molecule has 2 aromatic heterocycles. The molecule has 5 heterocycles. The predicted molar refractivity (Wildman–Crippen MR) is 174 cm³/mol. The lowest BCUT2D eigenvalue weighted by molar-refractivity contribution is -0.128. The second-order valence-corrected chi connectivity index (χ2v) is 12.2. The number of hydrogen-bond acceptors (Lipinski definition) is 8. The summed E-state index contributed by atoms with van der Waals surface area (Å²) in [5.74, 6) is -1.84. The third kappa shape index (κ3) is 5.83. The number of pyridine rings is 1. The summed E-state index contributed by atoms with van der Waals surface area (Å²) < 4.78 is 36.4. The molecule has 4 aromatic rings. The van der Waals surface area contributed by atoms with Gasteiger partial charge in [0.2, 0.25) is 0 Å². The summed E-state index contributed by atoms with van der Waals surface area (Å²) in [4.78, 5) is 31.9. The minimum atomic E-state index is -0.990. The van der Waals surface area contributed by atoms with Crippen LogP contribution >= 0.6 is 11.6 Å². The van der Waals surface area contributed by atoms with Crippen molar-refractivity contribution in [2.24, 2.45) is 0 Å². The lowest BCUT2D eigenvalue weighted by atomic mass is 9.95. The van der Waals surface area contributed by atoms with Crippen LogP contribution in [0, 0.1) is 17.1 Å². The fourth-order valence-corrected chi connectivity index (χ4v) is 7.24. The molecular formula is C34H34ClF2N7O2. The molecule has 0 unspecified atom stereocenters. The van der Waals surface area contributed by atoms with Gasteiger partial charge >= 0.3 is 6.01 Å². The van der Waals surface area contributed by atoms with E-state index in [0.717, 1.165) is 44.2 Å². The number of anilines is 1. The van der Waals surface area contributed by atoms with Gasteiger partial charge in [-0.15, -0.1) is 0 Å². The van der Waals surface area contributed by atoms with Crippen molar-refractivity contribution in [1.29, 1.82) is 5.26 Å². The zero-order valence-electron chi connectivity index (χ0n) is 25.6. The van der Waals surface area contributed by atoms with Crippen LogP contribution in [-0.4, -0.2) is 82.1 Å². The number of nitriles is 1. The average molecular weight is 646 g/mol. The maximum atomic E-state index is 16.6. The van der Waals surface area contributed by atoms with Gasteiger partial charge in [0.1, 0.15) is 23.6 Å². The lowest BCUT2D eigenvalue weighted by Crippen LogP contribution is -2.49. The van der Waals surface area contributed by atoms with Crippen LogP contribution in [0.15, 0.2) is 55.0 Å². The van der Waals surface area contributed by atoms with Crippen molar-refractivity contribution in [3.8, 4) is 23.3 Å². The Morgan fingerprint density at radius 1 is 1.09 bits per heavy atom. The quantitative estimate of drug-likeness (QED) is 0.225. The number of piperazine rings is 1. The van der Waals surface area contributed by atoms with Crippen LogP contribution in [-0.2, 0) is 4.79 Å². The highest BCUT2D eigenvalue weighted by Gasteiger charge is 2.45. The maximum Gasteiger partial charge on any atom is 0.319 e. The van der Waals surface area contributed by atoms with E-state index < -0.39 is 17.6 Å². The molecule has 3 saturated heterocycles. The Morgan fingerprint density at radius 3 is 2.43 bits per heavy atom. The monoisotopic (exact) mass is 645 g/mol. The summed E-state index contributed by atoms with van der Waals surface area (Å²) in [5, 5.41) is 9.83. The molecule has 0 atom stereocenters. The van der Waals surface area contributed by atoms with E-state index >= 15 is 4.39 Å². The first-order chi connectivity index (χ1) is 22.3. The van der Waals surface area contributed by atoms with E-state index in [0.29, 0.717) is 46.9 Å². The smallest absolute Gasteiger partial charge is 0.319 e. The third-order valence-corrected chi connectivity index (χ3v) is 9.45. The lowest BCUT2D eigenvalue weighted by Gasteiger charge is -2.35. The fraction of sp³-hybridized carbons (Fsp3) is 0.382. The average Bonchev–Trinajstić information content (AvgIpc) is 3.65. The number of ether oxygens (including phenoxy) is 1. The van der Waals surface area contributed by atoms with E-state index in [1.165, 1.54) is 11.8 Å². The van der Waals surface area contributed by atoms with Gasteiger partial charge in [0.05, 0.1) is 17.0 Å². The molecule has 1 amide bonds. The molecule has 9 nitrogen and oxygen atoms in total. The molecule has 0 bridgehead atoms. The van der Waals surface area contributed by atoms with Crippen molar-refractivity contribution >= 4 is 45.0 Å². The molecule has 3 aliphatic heterocycles. The maximum absolute atomic E-state index is 16.6. The molecule has 0 spiro atoms. The van der Waals surface area contributed by atoms with Crippen LogP contribution in [0.2, 0.25) is 5.02 Å². The normalized spacial score (nSPS) is 17.4. The number of benzene rings is 2. The third-order valence-electron chi connectivity index (χ3n) is 9.13. The highest BCUT2D eigenvalue weighted by atomic mass is 35.5. The van der Waals surface area contributed by atoms with Crippen molar-refractivity contribution in [2.75, 3.05) is 50.8 Å². The minimum absolute atomic E-state index is 0.0408. The minimum Gasteiger partial charge on any atom is -0.461 e. The van der Waals surface area contributed by atoms with Crippen LogP contribution in [0.25, 0.3) is 32.9 Å². The Labute approximate surface area is 271 Å². The number of fused-ring (bicyclic) bond motifs is 3. The summed E-state index contributed by atoms with van der Waals surface area (Å²) in [6.07, 6.45) is 5.93. The Bertz CT molecular complexity index is 1840. The molecule has 3 aliphatic rings. The highest BCUT2D eigenvalue weighted by Crippen LogP contribution is 2.40. The number of nitrogens with zero attached hydrogens (tertiary/aromatic N) is 7. The van der Waals surface area contributed by atoms with E-state index in [2.05, 4.69) is 21.4 Å². The number of aromatic nitrogens is 3. The van der Waals surface area contributed by atoms with E-state index in [9.17, 15) is 9.18 Å². The predicted octanol–water partition coefficient (Wildman–Crippen LogP) is 6.31. The van der Waals surface area contributed by atoms with E-state index in [-0.39, 0.29) is 35.8 Å². The Hall–Kier alpha value is -4.40. The molecule has 0 N–H and O–H groups in total. The standard InChI is InChI=1S/C32H31ClF2N6O2.C2H3N/c1-20(34)30(42)40-16-14-39(15-17-40)29-23-18-36-27(22-8-2-6-21-7-3-9-24(33)25(21)22)26(35)28(23)37-31(38-29)43-19-32-10-4-12-41(32)13-5-11-32;1-2-3/h2-3,6-9,18H,1,4-5,10-17,19H2;1H3. The summed E-state index contributed by atoms with van der Waals surface area (Å²) in [6.45, 7) is 8.37. The van der Waals surface area contributed by atoms with Gasteiger partial charge in [-0.05, 0) is 50.2 Å². The number of rotatable bonds is 6. The van der Waals surface area contributed by atoms with Gasteiger partial charge in [-0.1, -0.05) is 48.5 Å². The highest BCUT2D eigenvalue weighted by molar-refractivity contribution is 6.36. The largest absolute Gasteiger partial charge is 0.461 e. The summed E-state index contributed by atoms with van der Waals surface area (Å²) in [7, 11) is 0. The van der Waals surface area contributed by atoms with Crippen molar-refractivity contribution in [3.05, 3.63) is 65.8 Å². The van der Waals surface area contributed by atoms with Gasteiger partial charge in [-0.25, -0.2) is 8.78 Å². The van der Waals surface area contributed by atoms with Crippen LogP contribution in [0.5, 0.6) is 6.01 Å². The van der Waals surface area contributed by atoms with Crippen molar-refractivity contribution in [3.63, 3.8) is 0 Å². The topological polar surface area (TPSA) is 98.5 Å². The van der Waals surface area contributed by atoms with E-state index in [4.69, 9.17) is 26.6 Å².